The van der Waals surface area contributed by atoms with E-state index in [0.717, 1.165) is 46.6 Å². The Balaban J connectivity index is 1.64. The van der Waals surface area contributed by atoms with E-state index < -0.39 is 0 Å². The highest BCUT2D eigenvalue weighted by Gasteiger charge is 2.47. The summed E-state index contributed by atoms with van der Waals surface area (Å²) in [7, 11) is 1.66. The summed E-state index contributed by atoms with van der Waals surface area (Å²) < 4.78 is 5.47. The van der Waals surface area contributed by atoms with Gasteiger partial charge in [-0.25, -0.2) is 9.97 Å². The standard InChI is InChI=1S/C21H21N3O2/c1-13-14(2)23-18-12-15(8-9-17(18)22-13)20(25)24-21(10-11-21)16-6-4-5-7-19(16)26-3/h4-9,12H,10-11H2,1-3H3,(H,24,25). The van der Waals surface area contributed by atoms with Crippen molar-refractivity contribution < 1.29 is 9.53 Å². The topological polar surface area (TPSA) is 64.1 Å². The average Bonchev–Trinajstić information content (AvgIpc) is 3.42. The molecule has 1 aliphatic carbocycles. The van der Waals surface area contributed by atoms with Crippen LogP contribution in [-0.2, 0) is 5.54 Å². The molecule has 0 radical (unpaired) electrons. The third-order valence-electron chi connectivity index (χ3n) is 5.06. The van der Waals surface area contributed by atoms with Crippen molar-refractivity contribution in [3.63, 3.8) is 0 Å². The number of carbonyl (C=O) groups excluding carboxylic acids is 1. The van der Waals surface area contributed by atoms with E-state index in [9.17, 15) is 4.79 Å². The summed E-state index contributed by atoms with van der Waals surface area (Å²) in [5.74, 6) is 0.705. The molecule has 132 valence electrons. The van der Waals surface area contributed by atoms with Gasteiger partial charge in [-0.2, -0.15) is 0 Å². The first-order chi connectivity index (χ1) is 12.5. The normalized spacial score (nSPS) is 14.9. The maximum absolute atomic E-state index is 12.9. The van der Waals surface area contributed by atoms with Gasteiger partial charge in [0.15, 0.2) is 0 Å². The van der Waals surface area contributed by atoms with Crippen LogP contribution in [0, 0.1) is 13.8 Å². The molecular formula is C21H21N3O2. The second kappa shape index (κ2) is 6.09. The Kier molecular flexibility index (Phi) is 3.87. The molecule has 2 aromatic carbocycles. The summed E-state index contributed by atoms with van der Waals surface area (Å²) in [4.78, 5) is 21.9. The number of ether oxygens (including phenoxy) is 1. The van der Waals surface area contributed by atoms with Gasteiger partial charge in [0.25, 0.3) is 5.91 Å². The van der Waals surface area contributed by atoms with Crippen molar-refractivity contribution >= 4 is 16.9 Å². The van der Waals surface area contributed by atoms with Crippen LogP contribution < -0.4 is 10.1 Å². The number of hydrogen-bond acceptors (Lipinski definition) is 4. The Morgan fingerprint density at radius 1 is 1.04 bits per heavy atom. The Morgan fingerprint density at radius 2 is 1.73 bits per heavy atom. The molecule has 5 heteroatoms. The number of methoxy groups -OCH3 is 1. The third kappa shape index (κ3) is 2.79. The molecular weight excluding hydrogens is 326 g/mol. The Hall–Kier alpha value is -2.95. The van der Waals surface area contributed by atoms with Crippen LogP contribution in [0.2, 0.25) is 0 Å². The fourth-order valence-electron chi connectivity index (χ4n) is 3.29. The molecule has 5 nitrogen and oxygen atoms in total. The first-order valence-corrected chi connectivity index (χ1v) is 8.73. The van der Waals surface area contributed by atoms with E-state index in [4.69, 9.17) is 4.74 Å². The van der Waals surface area contributed by atoms with Crippen LogP contribution in [0.4, 0.5) is 0 Å². The number of fused-ring (bicyclic) bond motifs is 1. The second-order valence-electron chi connectivity index (χ2n) is 6.83. The molecule has 0 saturated heterocycles. The molecule has 1 aromatic heterocycles. The highest BCUT2D eigenvalue weighted by atomic mass is 16.5. The van der Waals surface area contributed by atoms with Crippen molar-refractivity contribution in [2.45, 2.75) is 32.2 Å². The Morgan fingerprint density at radius 3 is 2.42 bits per heavy atom. The third-order valence-corrected chi connectivity index (χ3v) is 5.06. The lowest BCUT2D eigenvalue weighted by atomic mass is 10.0. The molecule has 4 rings (SSSR count). The van der Waals surface area contributed by atoms with Gasteiger partial charge in [0.05, 0.1) is 35.1 Å². The lowest BCUT2D eigenvalue weighted by Crippen LogP contribution is -2.35. The number of aromatic nitrogens is 2. The number of rotatable bonds is 4. The molecule has 1 amide bonds. The monoisotopic (exact) mass is 347 g/mol. The lowest BCUT2D eigenvalue weighted by molar-refractivity contribution is 0.0930. The first kappa shape index (κ1) is 16.5. The highest BCUT2D eigenvalue weighted by molar-refractivity contribution is 5.98. The van der Waals surface area contributed by atoms with Gasteiger partial charge in [-0.15, -0.1) is 0 Å². The number of nitrogens with one attached hydrogen (secondary N) is 1. The molecule has 1 fully saturated rings. The molecule has 0 unspecified atom stereocenters. The summed E-state index contributed by atoms with van der Waals surface area (Å²) in [5.41, 5.74) is 4.61. The maximum Gasteiger partial charge on any atom is 0.252 e. The van der Waals surface area contributed by atoms with Crippen LogP contribution in [0.3, 0.4) is 0 Å². The number of nitrogens with zero attached hydrogens (tertiary/aromatic N) is 2. The molecule has 3 aromatic rings. The predicted octanol–water partition coefficient (Wildman–Crippen LogP) is 3.67. The minimum Gasteiger partial charge on any atom is -0.496 e. The fraction of sp³-hybridized carbons (Fsp3) is 0.286. The molecule has 1 saturated carbocycles. The molecule has 0 spiro atoms. The molecule has 1 heterocycles. The number of amides is 1. The van der Waals surface area contributed by atoms with Gasteiger partial charge in [0.1, 0.15) is 5.75 Å². The van der Waals surface area contributed by atoms with Gasteiger partial charge in [0, 0.05) is 11.1 Å². The number of para-hydroxylation sites is 1. The van der Waals surface area contributed by atoms with E-state index in [1.807, 2.05) is 50.2 Å². The van der Waals surface area contributed by atoms with E-state index in [2.05, 4.69) is 15.3 Å². The molecule has 0 bridgehead atoms. The zero-order valence-electron chi connectivity index (χ0n) is 15.2. The number of benzene rings is 2. The number of carbonyl (C=O) groups is 1. The average molecular weight is 347 g/mol. The van der Waals surface area contributed by atoms with Crippen LogP contribution in [0.25, 0.3) is 11.0 Å². The Labute approximate surface area is 152 Å². The summed E-state index contributed by atoms with van der Waals surface area (Å²) in [6.45, 7) is 3.86. The lowest BCUT2D eigenvalue weighted by Gasteiger charge is -2.20. The molecule has 26 heavy (non-hydrogen) atoms. The predicted molar refractivity (Wildman–Crippen MR) is 100 cm³/mol. The van der Waals surface area contributed by atoms with Crippen LogP contribution in [0.15, 0.2) is 42.5 Å². The van der Waals surface area contributed by atoms with Gasteiger partial charge < -0.3 is 10.1 Å². The van der Waals surface area contributed by atoms with Crippen molar-refractivity contribution in [1.82, 2.24) is 15.3 Å². The maximum atomic E-state index is 12.9. The number of hydrogen-bond donors (Lipinski definition) is 1. The Bertz CT molecular complexity index is 1010. The highest BCUT2D eigenvalue weighted by Crippen LogP contribution is 2.49. The van der Waals surface area contributed by atoms with Crippen LogP contribution in [0.5, 0.6) is 5.75 Å². The van der Waals surface area contributed by atoms with E-state index in [-0.39, 0.29) is 11.4 Å². The smallest absolute Gasteiger partial charge is 0.252 e. The zero-order chi connectivity index (χ0) is 18.3. The van der Waals surface area contributed by atoms with Gasteiger partial charge in [-0.05, 0) is 51.0 Å². The van der Waals surface area contributed by atoms with Crippen molar-refractivity contribution in [1.29, 1.82) is 0 Å². The van der Waals surface area contributed by atoms with Crippen molar-refractivity contribution in [2.24, 2.45) is 0 Å². The minimum atomic E-state index is -0.340. The summed E-state index contributed by atoms with van der Waals surface area (Å²) >= 11 is 0. The second-order valence-corrected chi connectivity index (χ2v) is 6.83. The largest absolute Gasteiger partial charge is 0.496 e. The SMILES string of the molecule is COc1ccccc1C1(NC(=O)c2ccc3nc(C)c(C)nc3c2)CC1. The molecule has 0 atom stereocenters. The summed E-state index contributed by atoms with van der Waals surface area (Å²) in [5, 5.41) is 3.20. The molecule has 1 N–H and O–H groups in total. The van der Waals surface area contributed by atoms with Gasteiger partial charge >= 0.3 is 0 Å². The minimum absolute atomic E-state index is 0.102. The summed E-state index contributed by atoms with van der Waals surface area (Å²) in [6, 6.07) is 13.3. The molecule has 1 aliphatic rings. The van der Waals surface area contributed by atoms with Crippen molar-refractivity contribution in [3.8, 4) is 5.75 Å². The first-order valence-electron chi connectivity index (χ1n) is 8.73. The zero-order valence-corrected chi connectivity index (χ0v) is 15.2. The van der Waals surface area contributed by atoms with E-state index >= 15 is 0 Å². The fourth-order valence-corrected chi connectivity index (χ4v) is 3.29. The number of aryl methyl sites for hydroxylation is 2. The van der Waals surface area contributed by atoms with Crippen LogP contribution in [0.1, 0.15) is 40.2 Å². The van der Waals surface area contributed by atoms with Crippen molar-refractivity contribution in [2.75, 3.05) is 7.11 Å². The van der Waals surface area contributed by atoms with E-state index in [0.29, 0.717) is 5.56 Å². The summed E-state index contributed by atoms with van der Waals surface area (Å²) in [6.07, 6.45) is 1.82. The van der Waals surface area contributed by atoms with Crippen LogP contribution in [-0.4, -0.2) is 23.0 Å². The van der Waals surface area contributed by atoms with Gasteiger partial charge in [-0.1, -0.05) is 18.2 Å². The van der Waals surface area contributed by atoms with E-state index in [1.165, 1.54) is 0 Å². The van der Waals surface area contributed by atoms with Crippen molar-refractivity contribution in [3.05, 3.63) is 65.0 Å². The quantitative estimate of drug-likeness (QED) is 0.782. The molecule has 0 aliphatic heterocycles. The van der Waals surface area contributed by atoms with Gasteiger partial charge in [0.2, 0.25) is 0 Å². The van der Waals surface area contributed by atoms with E-state index in [1.54, 1.807) is 13.2 Å². The van der Waals surface area contributed by atoms with Gasteiger partial charge in [-0.3, -0.25) is 4.79 Å². The van der Waals surface area contributed by atoms with Crippen LogP contribution >= 0.6 is 0 Å².